The molecule has 1 atom stereocenters. The average Bonchev–Trinajstić information content (AvgIpc) is 3.14. The van der Waals surface area contributed by atoms with Crippen LogP contribution in [0.25, 0.3) is 5.69 Å². The number of hydrogen-bond acceptors (Lipinski definition) is 4. The third kappa shape index (κ3) is 2.28. The highest BCUT2D eigenvalue weighted by Gasteiger charge is 2.48. The maximum Gasteiger partial charge on any atom is 0.237 e. The first-order valence-electron chi connectivity index (χ1n) is 9.08. The first-order chi connectivity index (χ1) is 13.0. The van der Waals surface area contributed by atoms with Crippen LogP contribution in [0.1, 0.15) is 29.3 Å². The van der Waals surface area contributed by atoms with Crippen molar-refractivity contribution in [3.8, 4) is 17.3 Å². The standard InChI is InChI=1S/C22H21N3O2/c1-13-10-14(2)20-18(11-13)23-22(27-20)12-15(3)26-21-19(22)16(4)24-25(21)17-8-6-5-7-9-17/h5-12,23H,1-4H3/t22-/m1/s1. The molecule has 136 valence electrons. The summed E-state index contributed by atoms with van der Waals surface area (Å²) in [5.74, 6) is 2.34. The van der Waals surface area contributed by atoms with Gasteiger partial charge in [0.2, 0.25) is 11.6 Å². The Bertz CT molecular complexity index is 1100. The topological polar surface area (TPSA) is 48.3 Å². The molecular formula is C22H21N3O2. The molecule has 27 heavy (non-hydrogen) atoms. The van der Waals surface area contributed by atoms with E-state index in [1.807, 2.05) is 54.9 Å². The summed E-state index contributed by atoms with van der Waals surface area (Å²) in [5.41, 5.74) is 5.23. The summed E-state index contributed by atoms with van der Waals surface area (Å²) in [4.78, 5) is 0. The maximum atomic E-state index is 6.53. The van der Waals surface area contributed by atoms with Gasteiger partial charge in [0.05, 0.1) is 17.1 Å². The number of aryl methyl sites for hydroxylation is 3. The molecule has 0 unspecified atom stereocenters. The average molecular weight is 359 g/mol. The Balaban J connectivity index is 1.71. The molecule has 3 aromatic rings. The molecule has 5 nitrogen and oxygen atoms in total. The highest BCUT2D eigenvalue weighted by Crippen LogP contribution is 2.50. The van der Waals surface area contributed by atoms with Crippen LogP contribution in [-0.4, -0.2) is 9.78 Å². The summed E-state index contributed by atoms with van der Waals surface area (Å²) in [6, 6.07) is 14.3. The number of allylic oxidation sites excluding steroid dienone is 1. The highest BCUT2D eigenvalue weighted by molar-refractivity contribution is 5.69. The zero-order valence-electron chi connectivity index (χ0n) is 15.8. The van der Waals surface area contributed by atoms with Crippen molar-refractivity contribution in [1.82, 2.24) is 9.78 Å². The predicted octanol–water partition coefficient (Wildman–Crippen LogP) is 4.75. The minimum Gasteiger partial charge on any atom is -0.457 e. The fraction of sp³-hybridized carbons (Fsp3) is 0.227. The van der Waals surface area contributed by atoms with Gasteiger partial charge < -0.3 is 14.8 Å². The lowest BCUT2D eigenvalue weighted by molar-refractivity contribution is 0.152. The number of rotatable bonds is 1. The van der Waals surface area contributed by atoms with Gasteiger partial charge in [-0.05, 0) is 57.0 Å². The van der Waals surface area contributed by atoms with Crippen molar-refractivity contribution in [2.75, 3.05) is 5.32 Å². The second-order valence-electron chi connectivity index (χ2n) is 7.29. The fourth-order valence-corrected chi connectivity index (χ4v) is 4.06. The van der Waals surface area contributed by atoms with Crippen molar-refractivity contribution >= 4 is 5.69 Å². The quantitative estimate of drug-likeness (QED) is 0.681. The van der Waals surface area contributed by atoms with E-state index in [1.165, 1.54) is 5.56 Å². The summed E-state index contributed by atoms with van der Waals surface area (Å²) in [6.07, 6.45) is 1.99. The molecule has 1 aromatic heterocycles. The first kappa shape index (κ1) is 16.0. The SMILES string of the molecule is CC1=C[C@]2(Nc3cc(C)cc(C)c3O2)c2c(C)nn(-c3ccccc3)c2O1. The Hall–Kier alpha value is -3.21. The molecule has 0 radical (unpaired) electrons. The molecule has 0 saturated heterocycles. The molecule has 3 heterocycles. The number of fused-ring (bicyclic) bond motifs is 3. The Kier molecular flexibility index (Phi) is 3.20. The highest BCUT2D eigenvalue weighted by atomic mass is 16.5. The molecule has 0 amide bonds. The second-order valence-corrected chi connectivity index (χ2v) is 7.29. The smallest absolute Gasteiger partial charge is 0.237 e. The normalized spacial score (nSPS) is 19.6. The molecule has 2 aliphatic heterocycles. The van der Waals surface area contributed by atoms with Crippen LogP contribution in [0, 0.1) is 20.8 Å². The van der Waals surface area contributed by atoms with Crippen LogP contribution < -0.4 is 14.8 Å². The Labute approximate surface area is 158 Å². The van der Waals surface area contributed by atoms with Gasteiger partial charge in [0.15, 0.2) is 0 Å². The monoisotopic (exact) mass is 359 g/mol. The number of hydrogen-bond donors (Lipinski definition) is 1. The largest absolute Gasteiger partial charge is 0.457 e. The van der Waals surface area contributed by atoms with E-state index in [9.17, 15) is 0 Å². The lowest BCUT2D eigenvalue weighted by Gasteiger charge is -2.31. The van der Waals surface area contributed by atoms with Crippen molar-refractivity contribution in [3.05, 3.63) is 76.7 Å². The minimum absolute atomic E-state index is 0.688. The van der Waals surface area contributed by atoms with E-state index in [0.29, 0.717) is 5.88 Å². The molecule has 1 spiro atoms. The van der Waals surface area contributed by atoms with E-state index in [2.05, 4.69) is 31.3 Å². The van der Waals surface area contributed by atoms with Crippen LogP contribution in [0.4, 0.5) is 5.69 Å². The second kappa shape index (κ2) is 5.39. The Morgan fingerprint density at radius 2 is 1.81 bits per heavy atom. The Morgan fingerprint density at radius 3 is 2.59 bits per heavy atom. The molecule has 2 aliphatic rings. The predicted molar refractivity (Wildman–Crippen MR) is 105 cm³/mol. The van der Waals surface area contributed by atoms with Crippen LogP contribution in [0.5, 0.6) is 11.6 Å². The Morgan fingerprint density at radius 1 is 1.04 bits per heavy atom. The van der Waals surface area contributed by atoms with Crippen molar-refractivity contribution in [2.24, 2.45) is 0 Å². The molecular weight excluding hydrogens is 338 g/mol. The summed E-state index contributed by atoms with van der Waals surface area (Å²) < 4.78 is 14.5. The molecule has 0 saturated carbocycles. The van der Waals surface area contributed by atoms with Crippen molar-refractivity contribution in [1.29, 1.82) is 0 Å². The number of anilines is 1. The molecule has 0 fully saturated rings. The van der Waals surface area contributed by atoms with E-state index in [1.54, 1.807) is 0 Å². The van der Waals surface area contributed by atoms with Crippen LogP contribution in [0.2, 0.25) is 0 Å². The van der Waals surface area contributed by atoms with Crippen molar-refractivity contribution in [2.45, 2.75) is 33.4 Å². The molecule has 5 heteroatoms. The fourth-order valence-electron chi connectivity index (χ4n) is 4.06. The van der Waals surface area contributed by atoms with Crippen LogP contribution >= 0.6 is 0 Å². The van der Waals surface area contributed by atoms with Gasteiger partial charge in [-0.15, -0.1) is 0 Å². The van der Waals surface area contributed by atoms with Crippen LogP contribution in [0.3, 0.4) is 0 Å². The van der Waals surface area contributed by atoms with Crippen molar-refractivity contribution < 1.29 is 9.47 Å². The number of ether oxygens (including phenoxy) is 2. The van der Waals surface area contributed by atoms with Gasteiger partial charge in [-0.1, -0.05) is 24.3 Å². The molecule has 1 N–H and O–H groups in total. The van der Waals surface area contributed by atoms with Gasteiger partial charge in [0.25, 0.3) is 0 Å². The maximum absolute atomic E-state index is 6.53. The molecule has 2 aromatic carbocycles. The van der Waals surface area contributed by atoms with E-state index in [0.717, 1.165) is 39.7 Å². The van der Waals surface area contributed by atoms with E-state index >= 15 is 0 Å². The van der Waals surface area contributed by atoms with Gasteiger partial charge >= 0.3 is 0 Å². The number of nitrogens with zero attached hydrogens (tertiary/aromatic N) is 2. The summed E-state index contributed by atoms with van der Waals surface area (Å²) >= 11 is 0. The zero-order chi connectivity index (χ0) is 18.8. The van der Waals surface area contributed by atoms with Crippen molar-refractivity contribution in [3.63, 3.8) is 0 Å². The summed E-state index contributed by atoms with van der Waals surface area (Å²) in [5, 5.41) is 8.35. The lowest BCUT2D eigenvalue weighted by Crippen LogP contribution is -2.38. The van der Waals surface area contributed by atoms with Gasteiger partial charge in [0, 0.05) is 6.08 Å². The summed E-state index contributed by atoms with van der Waals surface area (Å²) in [6.45, 7) is 8.09. The third-order valence-corrected chi connectivity index (χ3v) is 5.06. The summed E-state index contributed by atoms with van der Waals surface area (Å²) in [7, 11) is 0. The van der Waals surface area contributed by atoms with Crippen LogP contribution in [-0.2, 0) is 5.72 Å². The van der Waals surface area contributed by atoms with Gasteiger partial charge in [-0.2, -0.15) is 5.10 Å². The zero-order valence-corrected chi connectivity index (χ0v) is 15.8. The lowest BCUT2D eigenvalue weighted by atomic mass is 10.00. The number of aromatic nitrogens is 2. The van der Waals surface area contributed by atoms with E-state index < -0.39 is 5.72 Å². The van der Waals surface area contributed by atoms with Gasteiger partial charge in [-0.3, -0.25) is 0 Å². The van der Waals surface area contributed by atoms with Crippen LogP contribution in [0.15, 0.2) is 54.3 Å². The van der Waals surface area contributed by atoms with Gasteiger partial charge in [-0.25, -0.2) is 4.68 Å². The first-order valence-corrected chi connectivity index (χ1v) is 9.08. The minimum atomic E-state index is -0.810. The number of para-hydroxylation sites is 1. The molecule has 5 rings (SSSR count). The van der Waals surface area contributed by atoms with Gasteiger partial charge in [0.1, 0.15) is 17.1 Å². The third-order valence-electron chi connectivity index (χ3n) is 5.06. The number of nitrogens with one attached hydrogen (secondary N) is 1. The number of benzene rings is 2. The molecule has 0 aliphatic carbocycles. The van der Waals surface area contributed by atoms with E-state index in [-0.39, 0.29) is 0 Å². The molecule has 0 bridgehead atoms. The van der Waals surface area contributed by atoms with E-state index in [4.69, 9.17) is 14.6 Å².